The van der Waals surface area contributed by atoms with Gasteiger partial charge in [-0.3, -0.25) is 0 Å². The lowest BCUT2D eigenvalue weighted by atomic mass is 10.2. The maximum atomic E-state index is 11.8. The van der Waals surface area contributed by atoms with E-state index in [0.717, 1.165) is 12.1 Å². The van der Waals surface area contributed by atoms with Crippen molar-refractivity contribution >= 4 is 34.7 Å². The van der Waals surface area contributed by atoms with Crippen molar-refractivity contribution in [3.8, 4) is 17.2 Å². The van der Waals surface area contributed by atoms with Gasteiger partial charge in [-0.15, -0.1) is 0 Å². The van der Waals surface area contributed by atoms with Gasteiger partial charge < -0.3 is 31.7 Å². The molecule has 0 spiro atoms. The molecule has 0 fully saturated rings. The monoisotopic (exact) mass is 309 g/mol. The lowest BCUT2D eigenvalue weighted by Gasteiger charge is -2.10. The number of urea groups is 1. The molecule has 110 valence electrons. The number of carbonyl (C=O) groups excluding carboxylic acids is 1. The number of rotatable bonds is 2. The number of phenols is 3. The molecule has 0 aromatic heterocycles. The number of phenolic OH excluding ortho intramolecular Hbond substituents is 3. The maximum absolute atomic E-state index is 11.8. The Morgan fingerprint density at radius 1 is 1.05 bits per heavy atom. The van der Waals surface area contributed by atoms with E-state index in [-0.39, 0.29) is 10.7 Å². The molecule has 2 amide bonds. The highest BCUT2D eigenvalue weighted by atomic mass is 35.5. The number of nitrogens with two attached hydrogens (primary N) is 1. The largest absolute Gasteiger partial charge is 0.504 e. The molecule has 8 heteroatoms. The summed E-state index contributed by atoms with van der Waals surface area (Å²) in [6.45, 7) is 0. The Morgan fingerprint density at radius 2 is 1.67 bits per heavy atom. The van der Waals surface area contributed by atoms with E-state index in [9.17, 15) is 20.1 Å². The molecule has 0 heterocycles. The van der Waals surface area contributed by atoms with Crippen molar-refractivity contribution in [1.82, 2.24) is 0 Å². The number of amides is 2. The Labute approximate surface area is 124 Å². The summed E-state index contributed by atoms with van der Waals surface area (Å²) in [6, 6.07) is 6.10. The van der Waals surface area contributed by atoms with Crippen molar-refractivity contribution in [2.45, 2.75) is 0 Å². The van der Waals surface area contributed by atoms with E-state index in [1.165, 1.54) is 12.1 Å². The van der Waals surface area contributed by atoms with E-state index in [1.54, 1.807) is 6.07 Å². The molecule has 0 aliphatic rings. The van der Waals surface area contributed by atoms with Crippen molar-refractivity contribution in [2.24, 2.45) is 0 Å². The average Bonchev–Trinajstić information content (AvgIpc) is 2.39. The van der Waals surface area contributed by atoms with Crippen LogP contribution in [0.2, 0.25) is 5.02 Å². The summed E-state index contributed by atoms with van der Waals surface area (Å²) in [5.41, 5.74) is 6.43. The molecule has 0 bridgehead atoms. The zero-order valence-corrected chi connectivity index (χ0v) is 11.3. The normalized spacial score (nSPS) is 10.1. The van der Waals surface area contributed by atoms with Gasteiger partial charge in [-0.25, -0.2) is 4.79 Å². The Kier molecular flexibility index (Phi) is 3.95. The molecule has 2 rings (SSSR count). The summed E-state index contributed by atoms with van der Waals surface area (Å²) in [5, 5.41) is 33.0. The number of nitrogen functional groups attached to an aromatic ring is 1. The fourth-order valence-electron chi connectivity index (χ4n) is 1.59. The molecular formula is C13H12ClN3O4. The Balaban J connectivity index is 2.12. The number of hydrogen-bond acceptors (Lipinski definition) is 5. The number of halogens is 1. The third kappa shape index (κ3) is 3.40. The summed E-state index contributed by atoms with van der Waals surface area (Å²) >= 11 is 5.91. The van der Waals surface area contributed by atoms with Crippen molar-refractivity contribution in [3.05, 3.63) is 35.4 Å². The highest BCUT2D eigenvalue weighted by molar-refractivity contribution is 6.34. The van der Waals surface area contributed by atoms with Gasteiger partial charge in [0.1, 0.15) is 0 Å². The summed E-state index contributed by atoms with van der Waals surface area (Å²) in [4.78, 5) is 11.8. The van der Waals surface area contributed by atoms with Crippen LogP contribution in [0.3, 0.4) is 0 Å². The zero-order valence-electron chi connectivity index (χ0n) is 10.6. The first-order valence-corrected chi connectivity index (χ1v) is 6.12. The van der Waals surface area contributed by atoms with E-state index in [4.69, 9.17) is 17.3 Å². The molecule has 21 heavy (non-hydrogen) atoms. The Bertz CT molecular complexity index is 683. The van der Waals surface area contributed by atoms with Crippen molar-refractivity contribution in [1.29, 1.82) is 0 Å². The van der Waals surface area contributed by atoms with Crippen LogP contribution in [0.5, 0.6) is 17.2 Å². The van der Waals surface area contributed by atoms with E-state index >= 15 is 0 Å². The number of nitrogens with one attached hydrogen (secondary N) is 2. The predicted molar refractivity (Wildman–Crippen MR) is 79.9 cm³/mol. The third-order valence-corrected chi connectivity index (χ3v) is 2.88. The number of hydrogen-bond donors (Lipinski definition) is 6. The molecule has 0 unspecified atom stereocenters. The Morgan fingerprint density at radius 3 is 2.24 bits per heavy atom. The predicted octanol–water partition coefficient (Wildman–Crippen LogP) is 2.68. The minimum absolute atomic E-state index is 0.0897. The van der Waals surface area contributed by atoms with Crippen LogP contribution in [0.15, 0.2) is 30.3 Å². The van der Waals surface area contributed by atoms with Crippen LogP contribution >= 0.6 is 11.6 Å². The minimum atomic E-state index is -0.664. The van der Waals surface area contributed by atoms with Crippen LogP contribution < -0.4 is 16.4 Å². The summed E-state index contributed by atoms with van der Waals surface area (Å²) in [6.07, 6.45) is 0. The van der Waals surface area contributed by atoms with Crippen molar-refractivity contribution < 1.29 is 20.1 Å². The molecule has 2 aromatic rings. The second-order valence-corrected chi connectivity index (χ2v) is 4.59. The molecule has 0 saturated carbocycles. The molecule has 0 atom stereocenters. The summed E-state index contributed by atoms with van der Waals surface area (Å²) in [5.74, 6) is -1.78. The van der Waals surface area contributed by atoms with Gasteiger partial charge in [0, 0.05) is 17.8 Å². The summed E-state index contributed by atoms with van der Waals surface area (Å²) in [7, 11) is 0. The number of anilines is 3. The molecular weight excluding hydrogens is 298 g/mol. The van der Waals surface area contributed by atoms with Gasteiger partial charge in [-0.05, 0) is 18.2 Å². The summed E-state index contributed by atoms with van der Waals surface area (Å²) < 4.78 is 0. The topological polar surface area (TPSA) is 128 Å². The van der Waals surface area contributed by atoms with E-state index < -0.39 is 23.3 Å². The van der Waals surface area contributed by atoms with Gasteiger partial charge in [0.2, 0.25) is 0 Å². The van der Waals surface area contributed by atoms with Gasteiger partial charge in [0.05, 0.1) is 16.4 Å². The molecule has 0 aliphatic heterocycles. The number of benzene rings is 2. The van der Waals surface area contributed by atoms with E-state index in [1.807, 2.05) is 0 Å². The van der Waals surface area contributed by atoms with Crippen LogP contribution in [0.1, 0.15) is 0 Å². The number of carbonyl (C=O) groups is 1. The van der Waals surface area contributed by atoms with Gasteiger partial charge >= 0.3 is 6.03 Å². The Hall–Kier alpha value is -2.80. The van der Waals surface area contributed by atoms with Gasteiger partial charge in [-0.2, -0.15) is 0 Å². The highest BCUT2D eigenvalue weighted by Gasteiger charge is 2.11. The van der Waals surface area contributed by atoms with Gasteiger partial charge in [0.15, 0.2) is 17.2 Å². The van der Waals surface area contributed by atoms with E-state index in [0.29, 0.717) is 11.4 Å². The fourth-order valence-corrected chi connectivity index (χ4v) is 1.83. The molecule has 7 N–H and O–H groups in total. The van der Waals surface area contributed by atoms with Crippen LogP contribution in [0.25, 0.3) is 0 Å². The van der Waals surface area contributed by atoms with Crippen molar-refractivity contribution in [2.75, 3.05) is 16.4 Å². The first-order valence-electron chi connectivity index (χ1n) is 5.75. The molecule has 7 nitrogen and oxygen atoms in total. The quantitative estimate of drug-likeness (QED) is 0.289. The second-order valence-electron chi connectivity index (χ2n) is 4.18. The van der Waals surface area contributed by atoms with E-state index in [2.05, 4.69) is 10.6 Å². The average molecular weight is 310 g/mol. The van der Waals surface area contributed by atoms with Crippen LogP contribution in [-0.2, 0) is 0 Å². The molecule has 2 aromatic carbocycles. The molecule has 0 aliphatic carbocycles. The maximum Gasteiger partial charge on any atom is 0.323 e. The first-order chi connectivity index (χ1) is 9.86. The standard InChI is InChI=1S/C13H12ClN3O4/c14-8-3-6(15)1-2-9(8)17-13(21)16-7-4-10(18)12(20)11(19)5-7/h1-5,18-20H,15H2,(H2,16,17,21). The smallest absolute Gasteiger partial charge is 0.323 e. The van der Waals surface area contributed by atoms with Crippen molar-refractivity contribution in [3.63, 3.8) is 0 Å². The first kappa shape index (κ1) is 14.6. The zero-order chi connectivity index (χ0) is 15.6. The minimum Gasteiger partial charge on any atom is -0.504 e. The van der Waals surface area contributed by atoms with Gasteiger partial charge in [0.25, 0.3) is 0 Å². The lowest BCUT2D eigenvalue weighted by Crippen LogP contribution is -2.19. The third-order valence-electron chi connectivity index (χ3n) is 2.57. The molecule has 0 saturated heterocycles. The lowest BCUT2D eigenvalue weighted by molar-refractivity contribution is 0.262. The fraction of sp³-hybridized carbons (Fsp3) is 0. The van der Waals surface area contributed by atoms with Crippen LogP contribution in [0.4, 0.5) is 21.9 Å². The van der Waals surface area contributed by atoms with Gasteiger partial charge in [-0.1, -0.05) is 11.6 Å². The van der Waals surface area contributed by atoms with Crippen LogP contribution in [0, 0.1) is 0 Å². The molecule has 0 radical (unpaired) electrons. The number of aromatic hydroxyl groups is 3. The SMILES string of the molecule is Nc1ccc(NC(=O)Nc2cc(O)c(O)c(O)c2)c(Cl)c1. The second kappa shape index (κ2) is 5.68. The highest BCUT2D eigenvalue weighted by Crippen LogP contribution is 2.37. The van der Waals surface area contributed by atoms with Crippen LogP contribution in [-0.4, -0.2) is 21.4 Å².